The van der Waals surface area contributed by atoms with Gasteiger partial charge in [0.2, 0.25) is 0 Å². The van der Waals surface area contributed by atoms with E-state index in [9.17, 15) is 0 Å². The van der Waals surface area contributed by atoms with Gasteiger partial charge in [-0.3, -0.25) is 0 Å². The van der Waals surface area contributed by atoms with Crippen LogP contribution < -0.4 is 0 Å². The van der Waals surface area contributed by atoms with E-state index < -0.39 is 0 Å². The van der Waals surface area contributed by atoms with Gasteiger partial charge in [-0.25, -0.2) is 9.97 Å². The monoisotopic (exact) mass is 212 g/mol. The quantitative estimate of drug-likeness (QED) is 0.716. The summed E-state index contributed by atoms with van der Waals surface area (Å²) in [5.41, 5.74) is 2.15. The fraction of sp³-hybridized carbons (Fsp3) is 0.636. The predicted molar refractivity (Wildman–Crippen MR) is 59.8 cm³/mol. The Morgan fingerprint density at radius 2 is 1.93 bits per heavy atom. The Hall–Kier alpha value is -0.630. The first-order valence-corrected chi connectivity index (χ1v) is 5.58. The minimum absolute atomic E-state index is 0.614. The largest absolute Gasteiger partial charge is 0.238 e. The van der Waals surface area contributed by atoms with Gasteiger partial charge in [0.05, 0.1) is 0 Å². The van der Waals surface area contributed by atoms with Crippen molar-refractivity contribution in [2.45, 2.75) is 46.5 Å². The molecule has 14 heavy (non-hydrogen) atoms. The standard InChI is InChI=1S/C11H17ClN2/c1-4-6-7-9-8(3)11(12)14-10(5-2)13-9/h4-7H2,1-3H3. The predicted octanol–water partition coefficient (Wildman–Crippen LogP) is 3.34. The molecule has 0 aliphatic heterocycles. The minimum Gasteiger partial charge on any atom is -0.238 e. The molecule has 1 heterocycles. The first kappa shape index (κ1) is 11.4. The van der Waals surface area contributed by atoms with Crippen LogP contribution in [0, 0.1) is 6.92 Å². The van der Waals surface area contributed by atoms with Gasteiger partial charge in [0.1, 0.15) is 11.0 Å². The Morgan fingerprint density at radius 3 is 2.50 bits per heavy atom. The Kier molecular flexibility index (Phi) is 4.33. The van der Waals surface area contributed by atoms with E-state index in [1.807, 2.05) is 13.8 Å². The molecule has 0 fully saturated rings. The number of rotatable bonds is 4. The minimum atomic E-state index is 0.614. The molecule has 0 radical (unpaired) electrons. The summed E-state index contributed by atoms with van der Waals surface area (Å²) in [6.07, 6.45) is 4.20. The summed E-state index contributed by atoms with van der Waals surface area (Å²) >= 11 is 6.03. The van der Waals surface area contributed by atoms with Crippen LogP contribution in [0.2, 0.25) is 5.15 Å². The van der Waals surface area contributed by atoms with E-state index in [4.69, 9.17) is 11.6 Å². The highest BCUT2D eigenvalue weighted by Gasteiger charge is 2.07. The lowest BCUT2D eigenvalue weighted by Crippen LogP contribution is -2.02. The fourth-order valence-electron chi connectivity index (χ4n) is 1.33. The summed E-state index contributed by atoms with van der Waals surface area (Å²) < 4.78 is 0. The lowest BCUT2D eigenvalue weighted by molar-refractivity contribution is 0.754. The third-order valence-electron chi connectivity index (χ3n) is 2.32. The van der Waals surface area contributed by atoms with Crippen LogP contribution in [-0.2, 0) is 12.8 Å². The van der Waals surface area contributed by atoms with Gasteiger partial charge < -0.3 is 0 Å². The molecule has 0 aliphatic rings. The number of nitrogens with zero attached hydrogens (tertiary/aromatic N) is 2. The summed E-state index contributed by atoms with van der Waals surface area (Å²) in [6.45, 7) is 6.22. The van der Waals surface area contributed by atoms with Gasteiger partial charge in [-0.05, 0) is 19.8 Å². The number of unbranched alkanes of at least 4 members (excludes halogenated alkanes) is 1. The second kappa shape index (κ2) is 5.30. The fourth-order valence-corrected chi connectivity index (χ4v) is 1.53. The van der Waals surface area contributed by atoms with Crippen molar-refractivity contribution in [2.75, 3.05) is 0 Å². The Bertz CT molecular complexity index is 310. The van der Waals surface area contributed by atoms with Crippen LogP contribution in [0.15, 0.2) is 0 Å². The average Bonchev–Trinajstić information content (AvgIpc) is 2.20. The van der Waals surface area contributed by atoms with Crippen LogP contribution in [0.3, 0.4) is 0 Å². The normalized spacial score (nSPS) is 10.6. The molecule has 0 amide bonds. The van der Waals surface area contributed by atoms with Crippen LogP contribution in [0.1, 0.15) is 43.8 Å². The van der Waals surface area contributed by atoms with Gasteiger partial charge in [0, 0.05) is 17.7 Å². The first-order valence-electron chi connectivity index (χ1n) is 5.20. The van der Waals surface area contributed by atoms with Gasteiger partial charge in [0.15, 0.2) is 0 Å². The summed E-state index contributed by atoms with van der Waals surface area (Å²) in [5, 5.41) is 0.614. The molecule has 0 aromatic carbocycles. The molecular weight excluding hydrogens is 196 g/mol. The first-order chi connectivity index (χ1) is 6.69. The molecule has 0 bridgehead atoms. The van der Waals surface area contributed by atoms with Crippen molar-refractivity contribution in [3.05, 3.63) is 22.2 Å². The highest BCUT2D eigenvalue weighted by molar-refractivity contribution is 6.30. The lowest BCUT2D eigenvalue weighted by atomic mass is 10.1. The average molecular weight is 213 g/mol. The van der Waals surface area contributed by atoms with Crippen molar-refractivity contribution in [2.24, 2.45) is 0 Å². The molecule has 0 saturated heterocycles. The summed E-state index contributed by atoms with van der Waals surface area (Å²) in [5.74, 6) is 0.853. The third-order valence-corrected chi connectivity index (χ3v) is 2.68. The highest BCUT2D eigenvalue weighted by atomic mass is 35.5. The molecule has 3 heteroatoms. The zero-order valence-corrected chi connectivity index (χ0v) is 9.86. The number of hydrogen-bond donors (Lipinski definition) is 0. The summed E-state index contributed by atoms with van der Waals surface area (Å²) in [6, 6.07) is 0. The van der Waals surface area contributed by atoms with Gasteiger partial charge in [-0.1, -0.05) is 31.9 Å². The van der Waals surface area contributed by atoms with Crippen molar-refractivity contribution in [3.63, 3.8) is 0 Å². The second-order valence-corrected chi connectivity index (χ2v) is 3.82. The zero-order chi connectivity index (χ0) is 10.6. The van der Waals surface area contributed by atoms with Crippen LogP contribution in [0.5, 0.6) is 0 Å². The van der Waals surface area contributed by atoms with Crippen molar-refractivity contribution in [1.29, 1.82) is 0 Å². The molecule has 0 unspecified atom stereocenters. The smallest absolute Gasteiger partial charge is 0.135 e. The molecule has 0 atom stereocenters. The highest BCUT2D eigenvalue weighted by Crippen LogP contribution is 2.17. The molecule has 78 valence electrons. The Balaban J connectivity index is 2.95. The van der Waals surface area contributed by atoms with E-state index in [0.717, 1.165) is 36.3 Å². The molecule has 2 nitrogen and oxygen atoms in total. The van der Waals surface area contributed by atoms with E-state index in [2.05, 4.69) is 16.9 Å². The molecule has 0 aliphatic carbocycles. The van der Waals surface area contributed by atoms with E-state index in [-0.39, 0.29) is 0 Å². The Labute approximate surface area is 90.7 Å². The molecule has 0 N–H and O–H groups in total. The van der Waals surface area contributed by atoms with E-state index >= 15 is 0 Å². The van der Waals surface area contributed by atoms with Gasteiger partial charge >= 0.3 is 0 Å². The number of aromatic nitrogens is 2. The van der Waals surface area contributed by atoms with Gasteiger partial charge in [-0.2, -0.15) is 0 Å². The molecular formula is C11H17ClN2. The number of halogens is 1. The topological polar surface area (TPSA) is 25.8 Å². The van der Waals surface area contributed by atoms with Crippen molar-refractivity contribution < 1.29 is 0 Å². The molecule has 0 spiro atoms. The van der Waals surface area contributed by atoms with E-state index in [1.54, 1.807) is 0 Å². The Morgan fingerprint density at radius 1 is 1.21 bits per heavy atom. The van der Waals surface area contributed by atoms with Gasteiger partial charge in [-0.15, -0.1) is 0 Å². The zero-order valence-electron chi connectivity index (χ0n) is 9.10. The number of hydrogen-bond acceptors (Lipinski definition) is 2. The lowest BCUT2D eigenvalue weighted by Gasteiger charge is -2.07. The molecule has 1 rings (SSSR count). The van der Waals surface area contributed by atoms with Crippen LogP contribution in [0.25, 0.3) is 0 Å². The molecule has 0 saturated carbocycles. The maximum absolute atomic E-state index is 6.03. The third kappa shape index (κ3) is 2.68. The van der Waals surface area contributed by atoms with Crippen LogP contribution >= 0.6 is 11.6 Å². The molecule has 1 aromatic heterocycles. The van der Waals surface area contributed by atoms with Crippen molar-refractivity contribution >= 4 is 11.6 Å². The van der Waals surface area contributed by atoms with Gasteiger partial charge in [0.25, 0.3) is 0 Å². The summed E-state index contributed by atoms with van der Waals surface area (Å²) in [7, 11) is 0. The van der Waals surface area contributed by atoms with Crippen LogP contribution in [-0.4, -0.2) is 9.97 Å². The SMILES string of the molecule is CCCCc1nc(CC)nc(Cl)c1C. The number of aryl methyl sites for hydroxylation is 2. The maximum Gasteiger partial charge on any atom is 0.135 e. The van der Waals surface area contributed by atoms with Crippen molar-refractivity contribution in [3.8, 4) is 0 Å². The van der Waals surface area contributed by atoms with E-state index in [1.165, 1.54) is 6.42 Å². The van der Waals surface area contributed by atoms with Crippen molar-refractivity contribution in [1.82, 2.24) is 9.97 Å². The second-order valence-electron chi connectivity index (χ2n) is 3.46. The summed E-state index contributed by atoms with van der Waals surface area (Å²) in [4.78, 5) is 8.71. The molecule has 1 aromatic rings. The van der Waals surface area contributed by atoms with Crippen LogP contribution in [0.4, 0.5) is 0 Å². The maximum atomic E-state index is 6.03. The van der Waals surface area contributed by atoms with E-state index in [0.29, 0.717) is 5.15 Å².